The first-order valence-electron chi connectivity index (χ1n) is 1.62. The molecular formula is C2H5NO3Ti-. The second-order valence-corrected chi connectivity index (χ2v) is 3.74. The molecule has 0 fully saturated rings. The average molecular weight is 139 g/mol. The summed E-state index contributed by atoms with van der Waals surface area (Å²) in [5.41, 5.74) is 0. The minimum atomic E-state index is -2.62. The van der Waals surface area contributed by atoms with E-state index in [1.165, 1.54) is 0 Å². The number of rotatable bonds is 2. The molecule has 0 unspecified atom stereocenters. The first-order chi connectivity index (χ1) is 3.18. The summed E-state index contributed by atoms with van der Waals surface area (Å²) in [6, 6.07) is 0. The number of aliphatic hydroxyl groups is 1. The van der Waals surface area contributed by atoms with Crippen molar-refractivity contribution in [2.45, 2.75) is 0 Å². The number of carboxylic acid groups (broad SMARTS) is 1. The van der Waals surface area contributed by atoms with Gasteiger partial charge in [-0.3, -0.25) is 0 Å². The van der Waals surface area contributed by atoms with Crippen molar-refractivity contribution in [2.24, 2.45) is 4.22 Å². The first kappa shape index (κ1) is 7.10. The number of aliphatic hydroxyl groups excluding tert-OH is 1. The van der Waals surface area contributed by atoms with Gasteiger partial charge in [0, 0.05) is 0 Å². The Morgan fingerprint density at radius 2 is 2.43 bits per heavy atom. The van der Waals surface area contributed by atoms with E-state index in [0.29, 0.717) is 0 Å². The summed E-state index contributed by atoms with van der Waals surface area (Å²) in [6.07, 6.45) is 0. The van der Waals surface area contributed by atoms with Crippen molar-refractivity contribution in [3.63, 3.8) is 0 Å². The van der Waals surface area contributed by atoms with Crippen molar-refractivity contribution < 1.29 is 33.1 Å². The molecule has 0 aromatic rings. The SMILES string of the molecule is [NH2][Ti]([CH2]O)[C](=O)[O-]. The van der Waals surface area contributed by atoms with Crippen LogP contribution >= 0.6 is 0 Å². The summed E-state index contributed by atoms with van der Waals surface area (Å²) in [7, 11) is 0. The van der Waals surface area contributed by atoms with Crippen LogP contribution in [0, 0.1) is 0 Å². The normalized spacial score (nSPS) is 8.29. The molecule has 0 aliphatic rings. The number of hydrogen-bond donors (Lipinski definition) is 2. The van der Waals surface area contributed by atoms with Crippen LogP contribution in [0.3, 0.4) is 0 Å². The molecule has 0 saturated carbocycles. The third-order valence-corrected chi connectivity index (χ3v) is 1.78. The molecule has 5 heteroatoms. The second kappa shape index (κ2) is 3.15. The van der Waals surface area contributed by atoms with E-state index in [-0.39, 0.29) is 0 Å². The number of carbonyl (C=O) groups excluding carboxylic acids is 1. The molecule has 41 valence electrons. The minimum absolute atomic E-state index is 0.400. The molecule has 0 aromatic carbocycles. The predicted octanol–water partition coefficient (Wildman–Crippen LogP) is -2.23. The van der Waals surface area contributed by atoms with E-state index < -0.39 is 27.3 Å². The molecular weight excluding hydrogens is 134 g/mol. The molecule has 0 heterocycles. The zero-order valence-electron chi connectivity index (χ0n) is 3.55. The molecule has 7 heavy (non-hydrogen) atoms. The van der Waals surface area contributed by atoms with Crippen molar-refractivity contribution in [3.05, 3.63) is 0 Å². The average Bonchev–Trinajstić information content (AvgIpc) is 1.65. The summed E-state index contributed by atoms with van der Waals surface area (Å²) < 4.78 is 3.61. The van der Waals surface area contributed by atoms with Crippen LogP contribution in [0.5, 0.6) is 0 Å². The van der Waals surface area contributed by atoms with Gasteiger partial charge in [0.25, 0.3) is 0 Å². The van der Waals surface area contributed by atoms with Gasteiger partial charge in [-0.2, -0.15) is 0 Å². The summed E-state index contributed by atoms with van der Waals surface area (Å²) >= 11 is -2.62. The van der Waals surface area contributed by atoms with E-state index in [1.54, 1.807) is 0 Å². The molecule has 3 N–H and O–H groups in total. The van der Waals surface area contributed by atoms with Crippen LogP contribution in [0.2, 0.25) is 0 Å². The van der Waals surface area contributed by atoms with Gasteiger partial charge in [0.15, 0.2) is 0 Å². The first-order valence-corrected chi connectivity index (χ1v) is 4.40. The number of nitrogens with two attached hydrogens (primary N) is 1. The Balaban J connectivity index is 3.34. The molecule has 0 rings (SSSR count). The Hall–Kier alpha value is 0.104. The fraction of sp³-hybridized carbons (Fsp3) is 0.500. The molecule has 0 atom stereocenters. The third kappa shape index (κ3) is 2.76. The van der Waals surface area contributed by atoms with E-state index >= 15 is 0 Å². The number of hydrogen-bond acceptors (Lipinski definition) is 4. The van der Waals surface area contributed by atoms with Gasteiger partial charge in [0.2, 0.25) is 0 Å². The van der Waals surface area contributed by atoms with Crippen molar-refractivity contribution in [2.75, 3.05) is 4.91 Å². The molecule has 0 saturated heterocycles. The van der Waals surface area contributed by atoms with Gasteiger partial charge in [0.05, 0.1) is 0 Å². The zero-order chi connectivity index (χ0) is 5.86. The molecule has 0 aliphatic carbocycles. The Morgan fingerprint density at radius 3 is 2.43 bits per heavy atom. The molecule has 0 amide bonds. The van der Waals surface area contributed by atoms with Gasteiger partial charge in [-0.05, 0) is 0 Å². The fourth-order valence-corrected chi connectivity index (χ4v) is 0.266. The van der Waals surface area contributed by atoms with Crippen molar-refractivity contribution in [1.29, 1.82) is 0 Å². The fourth-order valence-electron chi connectivity index (χ4n) is 0.0645. The topological polar surface area (TPSA) is 86.4 Å². The summed E-state index contributed by atoms with van der Waals surface area (Å²) in [6.45, 7) is 0. The van der Waals surface area contributed by atoms with Crippen molar-refractivity contribution in [3.8, 4) is 0 Å². The molecule has 0 aliphatic heterocycles. The summed E-state index contributed by atoms with van der Waals surface area (Å²) in [5, 5.41) is 17.6. The van der Waals surface area contributed by atoms with Crippen LogP contribution in [0.4, 0.5) is 4.79 Å². The van der Waals surface area contributed by atoms with E-state index in [9.17, 15) is 9.90 Å². The zero-order valence-corrected chi connectivity index (χ0v) is 5.11. The molecule has 0 spiro atoms. The van der Waals surface area contributed by atoms with Gasteiger partial charge in [-0.1, -0.05) is 0 Å². The monoisotopic (exact) mass is 139 g/mol. The van der Waals surface area contributed by atoms with Gasteiger partial charge >= 0.3 is 46.5 Å². The molecule has 4 nitrogen and oxygen atoms in total. The quantitative estimate of drug-likeness (QED) is 0.424. The van der Waals surface area contributed by atoms with E-state index in [4.69, 9.17) is 9.32 Å². The predicted molar refractivity (Wildman–Crippen MR) is 16.7 cm³/mol. The Morgan fingerprint density at radius 1 is 2.00 bits per heavy atom. The molecule has 0 aromatic heterocycles. The van der Waals surface area contributed by atoms with Crippen LogP contribution < -0.4 is 9.32 Å². The van der Waals surface area contributed by atoms with Crippen LogP contribution in [0.1, 0.15) is 0 Å². The Labute approximate surface area is 47.1 Å². The maximum absolute atomic E-state index is 9.61. The van der Waals surface area contributed by atoms with E-state index in [0.717, 1.165) is 0 Å². The molecule has 0 radical (unpaired) electrons. The maximum atomic E-state index is 9.61. The summed E-state index contributed by atoms with van der Waals surface area (Å²) in [5.74, 6) is 0. The Kier molecular flexibility index (Phi) is 3.20. The number of carbonyl (C=O) groups is 1. The van der Waals surface area contributed by atoms with Crippen molar-refractivity contribution in [1.82, 2.24) is 0 Å². The van der Waals surface area contributed by atoms with E-state index in [1.807, 2.05) is 0 Å². The standard InChI is InChI=1S/CO2.CH3O.H2N.Ti/c2-1-3;1-2;;/h;2H,1H2;1H2;/q-1;;-1;+1. The van der Waals surface area contributed by atoms with Gasteiger partial charge in [0.1, 0.15) is 0 Å². The van der Waals surface area contributed by atoms with Gasteiger partial charge < -0.3 is 0 Å². The van der Waals surface area contributed by atoms with Crippen LogP contribution in [0.15, 0.2) is 0 Å². The van der Waals surface area contributed by atoms with Gasteiger partial charge in [-0.25, -0.2) is 0 Å². The van der Waals surface area contributed by atoms with Crippen molar-refractivity contribution >= 4 is 4.27 Å². The van der Waals surface area contributed by atoms with Crippen LogP contribution in [-0.4, -0.2) is 14.3 Å². The molecule has 0 bridgehead atoms. The van der Waals surface area contributed by atoms with Crippen LogP contribution in [-0.2, 0) is 18.1 Å². The second-order valence-electron chi connectivity index (χ2n) is 0.971. The Bertz CT molecular complexity index is 75.3. The van der Waals surface area contributed by atoms with Gasteiger partial charge in [-0.15, -0.1) is 0 Å². The van der Waals surface area contributed by atoms with Crippen LogP contribution in [0.25, 0.3) is 0 Å². The van der Waals surface area contributed by atoms with E-state index in [2.05, 4.69) is 0 Å². The third-order valence-electron chi connectivity index (χ3n) is 0.433. The summed E-state index contributed by atoms with van der Waals surface area (Å²) in [4.78, 5) is 9.21.